The van der Waals surface area contributed by atoms with Crippen molar-refractivity contribution in [2.45, 2.75) is 0 Å². The first-order valence-electron chi connectivity index (χ1n) is 5.39. The maximum Gasteiger partial charge on any atom is 0.185 e. The molecular weight excluding hydrogens is 267 g/mol. The van der Waals surface area contributed by atoms with Crippen LogP contribution in [0, 0.1) is 0 Å². The summed E-state index contributed by atoms with van der Waals surface area (Å²) in [5.41, 5.74) is 1.46. The average Bonchev–Trinajstić information content (AvgIpc) is 2.36. The molecule has 0 saturated carbocycles. The third kappa shape index (κ3) is 3.46. The van der Waals surface area contributed by atoms with Gasteiger partial charge in [0.05, 0.1) is 0 Å². The van der Waals surface area contributed by atoms with Crippen LogP contribution in [0.2, 0.25) is 10.0 Å². The van der Waals surface area contributed by atoms with E-state index in [1.54, 1.807) is 24.3 Å². The fraction of sp³-hybridized carbons (Fsp3) is 0. The normalized spacial score (nSPS) is 10.8. The van der Waals surface area contributed by atoms with Crippen molar-refractivity contribution in [3.8, 4) is 0 Å². The largest absolute Gasteiger partial charge is 0.289 e. The predicted molar refractivity (Wildman–Crippen MR) is 76.3 cm³/mol. The summed E-state index contributed by atoms with van der Waals surface area (Å²) in [7, 11) is 0. The highest BCUT2D eigenvalue weighted by Crippen LogP contribution is 2.19. The molecule has 0 saturated heterocycles. The molecule has 0 radical (unpaired) electrons. The number of ketones is 1. The van der Waals surface area contributed by atoms with Gasteiger partial charge in [-0.3, -0.25) is 4.79 Å². The lowest BCUT2D eigenvalue weighted by molar-refractivity contribution is 0.104. The Bertz CT molecular complexity index is 568. The number of hydrogen-bond donors (Lipinski definition) is 0. The maximum absolute atomic E-state index is 11.9. The summed E-state index contributed by atoms with van der Waals surface area (Å²) in [5, 5.41) is 0.915. The summed E-state index contributed by atoms with van der Waals surface area (Å²) in [6, 6.07) is 14.4. The van der Waals surface area contributed by atoms with Gasteiger partial charge in [0.25, 0.3) is 0 Å². The molecule has 2 aromatic carbocycles. The van der Waals surface area contributed by atoms with E-state index >= 15 is 0 Å². The summed E-state index contributed by atoms with van der Waals surface area (Å²) in [4.78, 5) is 11.9. The molecule has 0 unspecified atom stereocenters. The van der Waals surface area contributed by atoms with Gasteiger partial charge in [0.2, 0.25) is 0 Å². The van der Waals surface area contributed by atoms with E-state index < -0.39 is 0 Å². The van der Waals surface area contributed by atoms with Crippen LogP contribution in [0.15, 0.2) is 54.6 Å². The Morgan fingerprint density at radius 3 is 2.17 bits per heavy atom. The molecule has 0 heterocycles. The molecule has 0 N–H and O–H groups in total. The van der Waals surface area contributed by atoms with Gasteiger partial charge in [-0.15, -0.1) is 0 Å². The molecule has 18 heavy (non-hydrogen) atoms. The van der Waals surface area contributed by atoms with Crippen LogP contribution in [0.4, 0.5) is 0 Å². The van der Waals surface area contributed by atoms with Crippen molar-refractivity contribution in [3.63, 3.8) is 0 Å². The molecule has 0 bridgehead atoms. The van der Waals surface area contributed by atoms with Crippen molar-refractivity contribution in [1.29, 1.82) is 0 Å². The van der Waals surface area contributed by atoms with E-state index in [0.717, 1.165) is 5.56 Å². The standard InChI is InChI=1S/C15H10Cl2O/c16-13-8-12(9-14(17)10-13)15(18)7-6-11-4-2-1-3-5-11/h1-10H. The van der Waals surface area contributed by atoms with Crippen LogP contribution < -0.4 is 0 Å². The van der Waals surface area contributed by atoms with Crippen LogP contribution in [0.5, 0.6) is 0 Å². The highest BCUT2D eigenvalue weighted by Gasteiger charge is 2.04. The lowest BCUT2D eigenvalue weighted by atomic mass is 10.1. The minimum Gasteiger partial charge on any atom is -0.289 e. The van der Waals surface area contributed by atoms with E-state index in [9.17, 15) is 4.79 Å². The van der Waals surface area contributed by atoms with Gasteiger partial charge >= 0.3 is 0 Å². The van der Waals surface area contributed by atoms with E-state index in [1.165, 1.54) is 6.08 Å². The molecule has 0 fully saturated rings. The molecular formula is C15H10Cl2O. The Morgan fingerprint density at radius 1 is 0.944 bits per heavy atom. The quantitative estimate of drug-likeness (QED) is 0.576. The number of rotatable bonds is 3. The zero-order valence-electron chi connectivity index (χ0n) is 9.44. The lowest BCUT2D eigenvalue weighted by Crippen LogP contribution is -1.93. The van der Waals surface area contributed by atoms with Crippen LogP contribution in [-0.2, 0) is 0 Å². The molecule has 0 atom stereocenters. The Hall–Kier alpha value is -1.57. The van der Waals surface area contributed by atoms with Crippen molar-refractivity contribution >= 4 is 35.1 Å². The second-order valence-corrected chi connectivity index (χ2v) is 4.64. The minimum atomic E-state index is -0.122. The van der Waals surface area contributed by atoms with E-state index in [2.05, 4.69) is 0 Å². The zero-order chi connectivity index (χ0) is 13.0. The van der Waals surface area contributed by atoms with Crippen LogP contribution in [0.3, 0.4) is 0 Å². The van der Waals surface area contributed by atoms with E-state index in [1.807, 2.05) is 30.3 Å². The third-order valence-corrected chi connectivity index (χ3v) is 2.81. The summed E-state index contributed by atoms with van der Waals surface area (Å²) < 4.78 is 0. The first-order valence-corrected chi connectivity index (χ1v) is 6.14. The van der Waals surface area contributed by atoms with Crippen LogP contribution >= 0.6 is 23.2 Å². The SMILES string of the molecule is O=C(C=Cc1ccccc1)c1cc(Cl)cc(Cl)c1. The molecule has 0 aliphatic heterocycles. The van der Waals surface area contributed by atoms with Crippen LogP contribution in [-0.4, -0.2) is 5.78 Å². The van der Waals surface area contributed by atoms with Crippen molar-refractivity contribution < 1.29 is 4.79 Å². The van der Waals surface area contributed by atoms with Gasteiger partial charge in [-0.25, -0.2) is 0 Å². The van der Waals surface area contributed by atoms with Gasteiger partial charge in [0.1, 0.15) is 0 Å². The number of allylic oxidation sites excluding steroid dienone is 1. The van der Waals surface area contributed by atoms with Crippen molar-refractivity contribution in [1.82, 2.24) is 0 Å². The van der Waals surface area contributed by atoms with Crippen LogP contribution in [0.1, 0.15) is 15.9 Å². The lowest BCUT2D eigenvalue weighted by Gasteiger charge is -1.98. The second kappa shape index (κ2) is 5.85. The average molecular weight is 277 g/mol. The van der Waals surface area contributed by atoms with Gasteiger partial charge in [-0.1, -0.05) is 59.6 Å². The highest BCUT2D eigenvalue weighted by molar-refractivity contribution is 6.35. The summed E-state index contributed by atoms with van der Waals surface area (Å²) in [6.07, 6.45) is 3.27. The maximum atomic E-state index is 11.9. The van der Waals surface area contributed by atoms with Gasteiger partial charge < -0.3 is 0 Å². The molecule has 2 rings (SSSR count). The van der Waals surface area contributed by atoms with Crippen molar-refractivity contribution in [3.05, 3.63) is 75.8 Å². The zero-order valence-corrected chi connectivity index (χ0v) is 10.9. The molecule has 0 spiro atoms. The topological polar surface area (TPSA) is 17.1 Å². The van der Waals surface area contributed by atoms with E-state index in [0.29, 0.717) is 15.6 Å². The predicted octanol–water partition coefficient (Wildman–Crippen LogP) is 4.89. The minimum absolute atomic E-state index is 0.122. The fourth-order valence-electron chi connectivity index (χ4n) is 1.53. The molecule has 2 aromatic rings. The molecule has 90 valence electrons. The third-order valence-electron chi connectivity index (χ3n) is 2.37. The Balaban J connectivity index is 2.20. The first kappa shape index (κ1) is 12.9. The van der Waals surface area contributed by atoms with E-state index in [4.69, 9.17) is 23.2 Å². The number of benzene rings is 2. The number of halogens is 2. The van der Waals surface area contributed by atoms with Gasteiger partial charge in [0, 0.05) is 15.6 Å². The van der Waals surface area contributed by atoms with Crippen molar-refractivity contribution in [2.75, 3.05) is 0 Å². The van der Waals surface area contributed by atoms with E-state index in [-0.39, 0.29) is 5.78 Å². The second-order valence-electron chi connectivity index (χ2n) is 3.77. The number of carbonyl (C=O) groups excluding carboxylic acids is 1. The van der Waals surface area contributed by atoms with Gasteiger partial charge in [-0.2, -0.15) is 0 Å². The Kier molecular flexibility index (Phi) is 4.19. The molecule has 0 aliphatic rings. The molecule has 0 aromatic heterocycles. The molecule has 0 amide bonds. The highest BCUT2D eigenvalue weighted by atomic mass is 35.5. The molecule has 1 nitrogen and oxygen atoms in total. The summed E-state index contributed by atoms with van der Waals surface area (Å²) in [6.45, 7) is 0. The summed E-state index contributed by atoms with van der Waals surface area (Å²) in [5.74, 6) is -0.122. The van der Waals surface area contributed by atoms with Crippen LogP contribution in [0.25, 0.3) is 6.08 Å². The summed E-state index contributed by atoms with van der Waals surface area (Å²) >= 11 is 11.7. The monoisotopic (exact) mass is 276 g/mol. The molecule has 3 heteroatoms. The smallest absolute Gasteiger partial charge is 0.185 e. The van der Waals surface area contributed by atoms with Crippen molar-refractivity contribution in [2.24, 2.45) is 0 Å². The Morgan fingerprint density at radius 2 is 1.56 bits per heavy atom. The van der Waals surface area contributed by atoms with Gasteiger partial charge in [0.15, 0.2) is 5.78 Å². The van der Waals surface area contributed by atoms with Gasteiger partial charge in [-0.05, 0) is 29.8 Å². The molecule has 0 aliphatic carbocycles. The number of carbonyl (C=O) groups is 1. The Labute approximate surface area is 116 Å². The number of hydrogen-bond acceptors (Lipinski definition) is 1. The fourth-order valence-corrected chi connectivity index (χ4v) is 2.05. The first-order chi connectivity index (χ1) is 8.65.